The number of hydrogen-bond donors (Lipinski definition) is 2. The van der Waals surface area contributed by atoms with E-state index in [1.54, 1.807) is 12.1 Å². The number of amides is 1. The maximum absolute atomic E-state index is 12.5. The molecule has 1 saturated carbocycles. The van der Waals surface area contributed by atoms with Crippen molar-refractivity contribution in [3.8, 4) is 5.88 Å². The molecule has 1 heterocycles. The highest BCUT2D eigenvalue weighted by atomic mass is 32.2. The number of aromatic nitrogens is 2. The summed E-state index contributed by atoms with van der Waals surface area (Å²) < 4.78 is 32.3. The van der Waals surface area contributed by atoms with Gasteiger partial charge in [-0.2, -0.15) is 0 Å². The fraction of sp³-hybridized carbons (Fsp3) is 0.389. The Morgan fingerprint density at radius 2 is 1.81 bits per heavy atom. The third-order valence-electron chi connectivity index (χ3n) is 4.50. The zero-order chi connectivity index (χ0) is 19.3. The van der Waals surface area contributed by atoms with Crippen LogP contribution in [-0.4, -0.2) is 31.4 Å². The minimum atomic E-state index is -3.81. The summed E-state index contributed by atoms with van der Waals surface area (Å²) in [6.45, 7) is 0. The van der Waals surface area contributed by atoms with Crippen molar-refractivity contribution in [2.24, 2.45) is 5.92 Å². The van der Waals surface area contributed by atoms with Gasteiger partial charge in [-0.15, -0.1) is 0 Å². The Bertz CT molecular complexity index is 894. The number of nitrogens with one attached hydrogen (secondary N) is 2. The van der Waals surface area contributed by atoms with E-state index in [9.17, 15) is 13.2 Å². The number of carbonyl (C=O) groups excluding carboxylic acids is 1. The van der Waals surface area contributed by atoms with E-state index < -0.39 is 10.0 Å². The molecule has 1 aliphatic rings. The van der Waals surface area contributed by atoms with Gasteiger partial charge in [0.1, 0.15) is 12.1 Å². The van der Waals surface area contributed by atoms with Crippen LogP contribution >= 0.6 is 0 Å². The van der Waals surface area contributed by atoms with Crippen LogP contribution in [0.4, 0.5) is 11.5 Å². The van der Waals surface area contributed by atoms with Crippen LogP contribution in [0.15, 0.2) is 41.6 Å². The first-order valence-corrected chi connectivity index (χ1v) is 10.3. The van der Waals surface area contributed by atoms with Crippen LogP contribution in [-0.2, 0) is 14.8 Å². The molecule has 9 heteroatoms. The predicted molar refractivity (Wildman–Crippen MR) is 101 cm³/mol. The summed E-state index contributed by atoms with van der Waals surface area (Å²) in [4.78, 5) is 20.0. The lowest BCUT2D eigenvalue weighted by Crippen LogP contribution is -2.24. The van der Waals surface area contributed by atoms with Crippen molar-refractivity contribution in [2.45, 2.75) is 37.0 Å². The average Bonchev–Trinajstić information content (AvgIpc) is 2.69. The molecular formula is C18H22N4O4S. The summed E-state index contributed by atoms with van der Waals surface area (Å²) in [5.74, 6) is 0.396. The second kappa shape index (κ2) is 8.34. The van der Waals surface area contributed by atoms with Gasteiger partial charge in [-0.05, 0) is 37.1 Å². The molecule has 1 aromatic heterocycles. The lowest BCUT2D eigenvalue weighted by atomic mass is 9.88. The highest BCUT2D eigenvalue weighted by Gasteiger charge is 2.21. The van der Waals surface area contributed by atoms with Gasteiger partial charge in [0.05, 0.1) is 12.0 Å². The molecule has 0 unspecified atom stereocenters. The highest BCUT2D eigenvalue weighted by molar-refractivity contribution is 7.92. The van der Waals surface area contributed by atoms with Gasteiger partial charge in [-0.1, -0.05) is 19.3 Å². The number of hydrogen-bond acceptors (Lipinski definition) is 6. The molecule has 0 radical (unpaired) electrons. The molecule has 1 aromatic carbocycles. The van der Waals surface area contributed by atoms with Gasteiger partial charge in [0.25, 0.3) is 10.0 Å². The molecule has 27 heavy (non-hydrogen) atoms. The molecular weight excluding hydrogens is 368 g/mol. The summed E-state index contributed by atoms with van der Waals surface area (Å²) in [6.07, 6.45) is 6.36. The number of ether oxygens (including phenoxy) is 1. The van der Waals surface area contributed by atoms with Gasteiger partial charge in [-0.3, -0.25) is 9.52 Å². The number of sulfonamides is 1. The number of rotatable bonds is 6. The van der Waals surface area contributed by atoms with E-state index >= 15 is 0 Å². The number of methoxy groups -OCH3 is 1. The van der Waals surface area contributed by atoms with Gasteiger partial charge in [-0.25, -0.2) is 18.4 Å². The average molecular weight is 390 g/mol. The topological polar surface area (TPSA) is 110 Å². The maximum atomic E-state index is 12.5. The Balaban J connectivity index is 1.67. The molecule has 1 amide bonds. The van der Waals surface area contributed by atoms with Crippen molar-refractivity contribution < 1.29 is 17.9 Å². The Kier molecular flexibility index (Phi) is 5.90. The quantitative estimate of drug-likeness (QED) is 0.785. The molecule has 0 atom stereocenters. The second-order valence-corrected chi connectivity index (χ2v) is 8.08. The SMILES string of the molecule is COc1cc(NS(=O)(=O)c2ccc(NC(=O)C3CCCCC3)cc2)ncn1. The van der Waals surface area contributed by atoms with Gasteiger partial charge in [0.15, 0.2) is 0 Å². The number of benzene rings is 1. The van der Waals surface area contributed by atoms with Gasteiger partial charge >= 0.3 is 0 Å². The lowest BCUT2D eigenvalue weighted by Gasteiger charge is -2.20. The Labute approximate surface area is 158 Å². The highest BCUT2D eigenvalue weighted by Crippen LogP contribution is 2.25. The number of carbonyl (C=O) groups is 1. The van der Waals surface area contributed by atoms with Crippen molar-refractivity contribution in [1.82, 2.24) is 9.97 Å². The predicted octanol–water partition coefficient (Wildman–Crippen LogP) is 2.80. The zero-order valence-corrected chi connectivity index (χ0v) is 15.8. The smallest absolute Gasteiger partial charge is 0.263 e. The summed E-state index contributed by atoms with van der Waals surface area (Å²) in [5, 5.41) is 2.86. The molecule has 144 valence electrons. The Hall–Kier alpha value is -2.68. The van der Waals surface area contributed by atoms with Crippen LogP contribution in [0.5, 0.6) is 5.88 Å². The van der Waals surface area contributed by atoms with Gasteiger partial charge in [0, 0.05) is 17.7 Å². The molecule has 0 aliphatic heterocycles. The second-order valence-electron chi connectivity index (χ2n) is 6.40. The van der Waals surface area contributed by atoms with Crippen molar-refractivity contribution in [3.63, 3.8) is 0 Å². The molecule has 0 bridgehead atoms. The monoisotopic (exact) mass is 390 g/mol. The first-order chi connectivity index (χ1) is 13.0. The number of nitrogens with zero attached hydrogens (tertiary/aromatic N) is 2. The van der Waals surface area contributed by atoms with E-state index in [2.05, 4.69) is 20.0 Å². The van der Waals surface area contributed by atoms with E-state index in [1.165, 1.54) is 38.1 Å². The molecule has 2 N–H and O–H groups in total. The fourth-order valence-corrected chi connectivity index (χ4v) is 4.03. The molecule has 2 aromatic rings. The van der Waals surface area contributed by atoms with Crippen LogP contribution in [0.2, 0.25) is 0 Å². The van der Waals surface area contributed by atoms with E-state index in [-0.39, 0.29) is 28.4 Å². The zero-order valence-electron chi connectivity index (χ0n) is 15.0. The maximum Gasteiger partial charge on any atom is 0.263 e. The molecule has 0 saturated heterocycles. The van der Waals surface area contributed by atoms with Gasteiger partial charge < -0.3 is 10.1 Å². The van der Waals surface area contributed by atoms with Crippen LogP contribution < -0.4 is 14.8 Å². The first kappa shape index (κ1) is 19.1. The van der Waals surface area contributed by atoms with E-state index in [0.29, 0.717) is 5.69 Å². The van der Waals surface area contributed by atoms with E-state index in [0.717, 1.165) is 25.7 Å². The lowest BCUT2D eigenvalue weighted by molar-refractivity contribution is -0.120. The van der Waals surface area contributed by atoms with Crippen LogP contribution in [0.1, 0.15) is 32.1 Å². The molecule has 1 aliphatic carbocycles. The van der Waals surface area contributed by atoms with E-state index in [4.69, 9.17) is 4.74 Å². The molecule has 3 rings (SSSR count). The van der Waals surface area contributed by atoms with Crippen LogP contribution in [0.3, 0.4) is 0 Å². The minimum Gasteiger partial charge on any atom is -0.481 e. The molecule has 8 nitrogen and oxygen atoms in total. The third kappa shape index (κ3) is 4.94. The summed E-state index contributed by atoms with van der Waals surface area (Å²) in [6, 6.07) is 7.43. The van der Waals surface area contributed by atoms with Crippen LogP contribution in [0, 0.1) is 5.92 Å². The summed E-state index contributed by atoms with van der Waals surface area (Å²) in [5.41, 5.74) is 0.577. The Morgan fingerprint density at radius 3 is 2.48 bits per heavy atom. The van der Waals surface area contributed by atoms with E-state index in [1.807, 2.05) is 0 Å². The third-order valence-corrected chi connectivity index (χ3v) is 5.87. The Morgan fingerprint density at radius 1 is 1.11 bits per heavy atom. The molecule has 1 fully saturated rings. The summed E-state index contributed by atoms with van der Waals surface area (Å²) >= 11 is 0. The molecule has 0 spiro atoms. The van der Waals surface area contributed by atoms with Gasteiger partial charge in [0.2, 0.25) is 11.8 Å². The summed E-state index contributed by atoms with van der Waals surface area (Å²) in [7, 11) is -2.38. The standard InChI is InChI=1S/C18H22N4O4S/c1-26-17-11-16(19-12-20-17)22-27(24,25)15-9-7-14(8-10-15)21-18(23)13-5-3-2-4-6-13/h7-13H,2-6H2,1H3,(H,21,23)(H,19,20,22). The number of anilines is 2. The minimum absolute atomic E-state index is 0.00323. The normalized spacial score (nSPS) is 15.1. The van der Waals surface area contributed by atoms with Crippen molar-refractivity contribution in [3.05, 3.63) is 36.7 Å². The van der Waals surface area contributed by atoms with Crippen molar-refractivity contribution in [1.29, 1.82) is 0 Å². The first-order valence-electron chi connectivity index (χ1n) is 8.78. The van der Waals surface area contributed by atoms with Crippen molar-refractivity contribution in [2.75, 3.05) is 17.1 Å². The fourth-order valence-electron chi connectivity index (χ4n) is 3.03. The largest absolute Gasteiger partial charge is 0.481 e. The van der Waals surface area contributed by atoms with Crippen molar-refractivity contribution >= 4 is 27.4 Å². The van der Waals surface area contributed by atoms with Crippen LogP contribution in [0.25, 0.3) is 0 Å².